The molecule has 3 rings (SSSR count). The van der Waals surface area contributed by atoms with E-state index in [1.807, 2.05) is 11.8 Å². The van der Waals surface area contributed by atoms with Crippen LogP contribution in [-0.4, -0.2) is 44.5 Å². The van der Waals surface area contributed by atoms with Crippen LogP contribution in [0, 0.1) is 0 Å². The van der Waals surface area contributed by atoms with Crippen molar-refractivity contribution < 1.29 is 18.3 Å². The monoisotopic (exact) mass is 399 g/mol. The van der Waals surface area contributed by atoms with Gasteiger partial charge in [0.15, 0.2) is 0 Å². The Hall–Kier alpha value is -1.64. The summed E-state index contributed by atoms with van der Waals surface area (Å²) in [4.78, 5) is 14.4. The van der Waals surface area contributed by atoms with Crippen LogP contribution in [0.25, 0.3) is 0 Å². The minimum absolute atomic E-state index is 0.00486. The SMILES string of the molecule is CC[C@H](CO)NC(=O)c1cc2c(cc1Cl)N1CCCCCC1=NS2(=O)=O. The third kappa shape index (κ3) is 3.58. The summed E-state index contributed by atoms with van der Waals surface area (Å²) in [6, 6.07) is 2.40. The van der Waals surface area contributed by atoms with Gasteiger partial charge in [-0.1, -0.05) is 24.9 Å². The number of sulfonamides is 1. The Labute approximate surface area is 158 Å². The number of aliphatic hydroxyl groups excluding tert-OH is 1. The zero-order valence-corrected chi connectivity index (χ0v) is 16.1. The highest BCUT2D eigenvalue weighted by Crippen LogP contribution is 2.37. The van der Waals surface area contributed by atoms with Crippen molar-refractivity contribution in [1.82, 2.24) is 5.32 Å². The van der Waals surface area contributed by atoms with Crippen molar-refractivity contribution in [1.29, 1.82) is 0 Å². The maximum Gasteiger partial charge on any atom is 0.286 e. The second kappa shape index (κ2) is 7.54. The molecule has 2 aliphatic heterocycles. The number of hydrogen-bond acceptors (Lipinski definition) is 5. The van der Waals surface area contributed by atoms with Gasteiger partial charge in [-0.25, -0.2) is 0 Å². The first kappa shape index (κ1) is 19.1. The Morgan fingerprint density at radius 3 is 2.85 bits per heavy atom. The van der Waals surface area contributed by atoms with Gasteiger partial charge < -0.3 is 15.3 Å². The molecule has 0 aromatic heterocycles. The van der Waals surface area contributed by atoms with Gasteiger partial charge in [0, 0.05) is 13.0 Å². The van der Waals surface area contributed by atoms with E-state index < -0.39 is 22.0 Å². The highest BCUT2D eigenvalue weighted by atomic mass is 35.5. The predicted octanol–water partition coefficient (Wildman–Crippen LogP) is 2.32. The van der Waals surface area contributed by atoms with Crippen LogP contribution < -0.4 is 10.2 Å². The van der Waals surface area contributed by atoms with Crippen LogP contribution in [0.2, 0.25) is 5.02 Å². The first-order chi connectivity index (χ1) is 12.4. The van der Waals surface area contributed by atoms with Gasteiger partial charge in [0.25, 0.3) is 15.9 Å². The lowest BCUT2D eigenvalue weighted by Gasteiger charge is -2.30. The highest BCUT2D eigenvalue weighted by molar-refractivity contribution is 7.90. The number of fused-ring (bicyclic) bond motifs is 3. The summed E-state index contributed by atoms with van der Waals surface area (Å²) in [5.74, 6) is 0.0224. The highest BCUT2D eigenvalue weighted by Gasteiger charge is 2.33. The molecule has 0 aliphatic carbocycles. The lowest BCUT2D eigenvalue weighted by Crippen LogP contribution is -2.38. The van der Waals surface area contributed by atoms with Gasteiger partial charge in [0.1, 0.15) is 10.7 Å². The Kier molecular flexibility index (Phi) is 5.55. The number of halogens is 1. The van der Waals surface area contributed by atoms with Crippen molar-refractivity contribution in [2.24, 2.45) is 4.40 Å². The third-order valence-corrected chi connectivity index (χ3v) is 6.38. The molecular weight excluding hydrogens is 378 g/mol. The molecular formula is C17H22ClN3O4S. The van der Waals surface area contributed by atoms with Gasteiger partial charge in [-0.3, -0.25) is 4.79 Å². The number of amides is 1. The minimum atomic E-state index is -3.88. The van der Waals surface area contributed by atoms with Crippen molar-refractivity contribution in [3.05, 3.63) is 22.7 Å². The molecule has 0 saturated carbocycles. The van der Waals surface area contributed by atoms with Gasteiger partial charge in [0.05, 0.1) is 28.9 Å². The summed E-state index contributed by atoms with van der Waals surface area (Å²) < 4.78 is 29.2. The summed E-state index contributed by atoms with van der Waals surface area (Å²) in [5.41, 5.74) is 0.544. The van der Waals surface area contributed by atoms with E-state index in [2.05, 4.69) is 9.71 Å². The van der Waals surface area contributed by atoms with E-state index in [4.69, 9.17) is 11.6 Å². The fourth-order valence-electron chi connectivity index (χ4n) is 3.21. The van der Waals surface area contributed by atoms with E-state index >= 15 is 0 Å². The minimum Gasteiger partial charge on any atom is -0.394 e. The van der Waals surface area contributed by atoms with Crippen LogP contribution in [0.5, 0.6) is 0 Å². The van der Waals surface area contributed by atoms with Gasteiger partial charge in [-0.15, -0.1) is 4.40 Å². The molecule has 0 spiro atoms. The second-order valence-electron chi connectivity index (χ2n) is 6.51. The number of carbonyl (C=O) groups is 1. The van der Waals surface area contributed by atoms with Crippen molar-refractivity contribution >= 4 is 39.1 Å². The van der Waals surface area contributed by atoms with Gasteiger partial charge >= 0.3 is 0 Å². The molecule has 1 saturated heterocycles. The quantitative estimate of drug-likeness (QED) is 0.809. The van der Waals surface area contributed by atoms with Gasteiger partial charge in [-0.05, 0) is 31.4 Å². The van der Waals surface area contributed by atoms with E-state index in [9.17, 15) is 18.3 Å². The number of carbonyl (C=O) groups excluding carboxylic acids is 1. The fraction of sp³-hybridized carbons (Fsp3) is 0.529. The summed E-state index contributed by atoms with van der Waals surface area (Å²) >= 11 is 6.31. The summed E-state index contributed by atoms with van der Waals surface area (Å²) in [7, 11) is -3.88. The van der Waals surface area contributed by atoms with Crippen LogP contribution in [0.1, 0.15) is 49.4 Å². The molecule has 7 nitrogen and oxygen atoms in total. The molecule has 1 atom stereocenters. The molecule has 1 fully saturated rings. The molecule has 142 valence electrons. The zero-order chi connectivity index (χ0) is 18.9. The molecule has 1 aromatic rings. The van der Waals surface area contributed by atoms with Crippen LogP contribution in [0.15, 0.2) is 21.4 Å². The van der Waals surface area contributed by atoms with Crippen LogP contribution in [-0.2, 0) is 10.0 Å². The molecule has 1 amide bonds. The average Bonchev–Trinajstić information content (AvgIpc) is 2.83. The molecule has 2 N–H and O–H groups in total. The summed E-state index contributed by atoms with van der Waals surface area (Å²) in [5, 5.41) is 12.1. The predicted molar refractivity (Wildman–Crippen MR) is 101 cm³/mol. The molecule has 0 radical (unpaired) electrons. The largest absolute Gasteiger partial charge is 0.394 e. The molecule has 9 heteroatoms. The first-order valence-corrected chi connectivity index (χ1v) is 10.6. The normalized spacial score (nSPS) is 19.7. The lowest BCUT2D eigenvalue weighted by molar-refractivity contribution is 0.0915. The van der Waals surface area contributed by atoms with Crippen LogP contribution in [0.4, 0.5) is 5.69 Å². The number of anilines is 1. The van der Waals surface area contributed by atoms with E-state index in [0.29, 0.717) is 30.9 Å². The van der Waals surface area contributed by atoms with Crippen molar-refractivity contribution in [3.63, 3.8) is 0 Å². The Morgan fingerprint density at radius 1 is 1.38 bits per heavy atom. The smallest absolute Gasteiger partial charge is 0.286 e. The van der Waals surface area contributed by atoms with E-state index in [-0.39, 0.29) is 22.1 Å². The molecule has 0 unspecified atom stereocenters. The summed E-state index contributed by atoms with van der Waals surface area (Å²) in [6.45, 7) is 2.30. The number of rotatable bonds is 4. The number of nitrogens with one attached hydrogen (secondary N) is 1. The summed E-state index contributed by atoms with van der Waals surface area (Å²) in [6.07, 6.45) is 4.00. The fourth-order valence-corrected chi connectivity index (χ4v) is 4.72. The van der Waals surface area contributed by atoms with E-state index in [1.165, 1.54) is 12.1 Å². The van der Waals surface area contributed by atoms with E-state index in [0.717, 1.165) is 19.3 Å². The zero-order valence-electron chi connectivity index (χ0n) is 14.5. The maximum absolute atomic E-state index is 12.6. The van der Waals surface area contributed by atoms with Gasteiger partial charge in [0.2, 0.25) is 0 Å². The van der Waals surface area contributed by atoms with E-state index in [1.54, 1.807) is 0 Å². The molecule has 2 aliphatic rings. The van der Waals surface area contributed by atoms with Crippen LogP contribution in [0.3, 0.4) is 0 Å². The second-order valence-corrected chi connectivity index (χ2v) is 8.49. The Bertz CT molecular complexity index is 850. The van der Waals surface area contributed by atoms with Crippen molar-refractivity contribution in [3.8, 4) is 0 Å². The number of nitrogens with zero attached hydrogens (tertiary/aromatic N) is 2. The molecule has 26 heavy (non-hydrogen) atoms. The average molecular weight is 400 g/mol. The lowest BCUT2D eigenvalue weighted by atomic mass is 10.1. The number of amidine groups is 1. The first-order valence-electron chi connectivity index (χ1n) is 8.74. The van der Waals surface area contributed by atoms with Crippen molar-refractivity contribution in [2.75, 3.05) is 18.1 Å². The maximum atomic E-state index is 12.6. The Morgan fingerprint density at radius 2 is 2.15 bits per heavy atom. The Balaban J connectivity index is 2.04. The third-order valence-electron chi connectivity index (χ3n) is 4.73. The number of aliphatic hydroxyl groups is 1. The number of benzene rings is 1. The number of hydrogen-bond donors (Lipinski definition) is 2. The molecule has 2 heterocycles. The molecule has 0 bridgehead atoms. The van der Waals surface area contributed by atoms with Crippen LogP contribution >= 0.6 is 11.6 Å². The topological polar surface area (TPSA) is 99.1 Å². The van der Waals surface area contributed by atoms with Gasteiger partial charge in [-0.2, -0.15) is 8.42 Å². The molecule has 1 aromatic carbocycles. The standard InChI is InChI=1S/C17H22ClN3O4S/c1-2-11(10-22)19-17(23)12-8-15-14(9-13(12)18)21-7-5-3-4-6-16(21)20-26(15,24)25/h8-9,11,22H,2-7,10H2,1H3,(H,19,23)/t11-/m1/s1. The van der Waals surface area contributed by atoms with Crippen molar-refractivity contribution in [2.45, 2.75) is 50.0 Å².